The first kappa shape index (κ1) is 19.4. The van der Waals surface area contributed by atoms with Crippen LogP contribution in [0.5, 0.6) is 0 Å². The lowest BCUT2D eigenvalue weighted by atomic mass is 10.2. The fourth-order valence-corrected chi connectivity index (χ4v) is 3.67. The Morgan fingerprint density at radius 2 is 1.89 bits per heavy atom. The topological polar surface area (TPSA) is 73.7 Å². The van der Waals surface area contributed by atoms with Gasteiger partial charge in [0.1, 0.15) is 0 Å². The molecule has 0 N–H and O–H groups in total. The molecule has 1 amide bonds. The fourth-order valence-electron chi connectivity index (χ4n) is 3.12. The van der Waals surface area contributed by atoms with Crippen LogP contribution in [0.15, 0.2) is 41.7 Å². The monoisotopic (exact) mass is 389 g/mol. The van der Waals surface area contributed by atoms with Crippen LogP contribution in [0.2, 0.25) is 0 Å². The van der Waals surface area contributed by atoms with Gasteiger partial charge in [-0.05, 0) is 32.2 Å². The number of rotatable bonds is 5. The van der Waals surface area contributed by atoms with Gasteiger partial charge in [0.05, 0.1) is 18.4 Å². The smallest absolute Gasteiger partial charge is 0.357 e. The molecule has 0 aliphatic carbocycles. The fraction of sp³-hybridized carbons (Fsp3) is 0.421. The summed E-state index contributed by atoms with van der Waals surface area (Å²) in [7, 11) is 0. The second kappa shape index (κ2) is 8.58. The van der Waals surface area contributed by atoms with Gasteiger partial charge in [-0.2, -0.15) is 0 Å². The number of nitrogens with zero attached hydrogens (tertiary/aromatic N) is 3. The summed E-state index contributed by atoms with van der Waals surface area (Å²) >= 11 is 1.43. The number of carbonyl (C=O) groups excluding carboxylic acids is 2. The van der Waals surface area contributed by atoms with Crippen LogP contribution in [0.1, 0.15) is 24.3 Å². The SMILES string of the molecule is CSc1ncc(C(=O)OCC(=O)N2CC(C)OC(C)C2)n1-c1ccccc1. The highest BCUT2D eigenvalue weighted by molar-refractivity contribution is 7.98. The first-order chi connectivity index (χ1) is 13.0. The van der Waals surface area contributed by atoms with E-state index in [-0.39, 0.29) is 24.7 Å². The Labute approximate surface area is 162 Å². The van der Waals surface area contributed by atoms with E-state index in [1.807, 2.05) is 50.4 Å². The van der Waals surface area contributed by atoms with Crippen molar-refractivity contribution in [1.29, 1.82) is 0 Å². The standard InChI is InChI=1S/C19H23N3O4S/c1-13-10-21(11-14(2)26-13)17(23)12-25-18(24)16-9-20-19(27-3)22(16)15-7-5-4-6-8-15/h4-9,13-14H,10-12H2,1-3H3. The van der Waals surface area contributed by atoms with Gasteiger partial charge in [0.2, 0.25) is 0 Å². The molecule has 2 aromatic rings. The van der Waals surface area contributed by atoms with Crippen molar-refractivity contribution in [3.05, 3.63) is 42.2 Å². The maximum atomic E-state index is 12.6. The number of amides is 1. The molecule has 1 aliphatic rings. The molecular formula is C19H23N3O4S. The third-order valence-electron chi connectivity index (χ3n) is 4.23. The summed E-state index contributed by atoms with van der Waals surface area (Å²) in [6.07, 6.45) is 3.31. The number of para-hydroxylation sites is 1. The van der Waals surface area contributed by atoms with Gasteiger partial charge in [0, 0.05) is 18.8 Å². The van der Waals surface area contributed by atoms with E-state index in [1.54, 1.807) is 9.47 Å². The molecule has 1 aromatic carbocycles. The minimum atomic E-state index is -0.575. The van der Waals surface area contributed by atoms with Crippen LogP contribution in [-0.2, 0) is 14.3 Å². The molecule has 144 valence electrons. The van der Waals surface area contributed by atoms with Gasteiger partial charge >= 0.3 is 5.97 Å². The number of thioether (sulfide) groups is 1. The van der Waals surface area contributed by atoms with Crippen LogP contribution in [0.3, 0.4) is 0 Å². The van der Waals surface area contributed by atoms with E-state index < -0.39 is 5.97 Å². The van der Waals surface area contributed by atoms with Gasteiger partial charge in [-0.25, -0.2) is 9.78 Å². The predicted molar refractivity (Wildman–Crippen MR) is 102 cm³/mol. The van der Waals surface area contributed by atoms with Gasteiger partial charge < -0.3 is 14.4 Å². The summed E-state index contributed by atoms with van der Waals surface area (Å²) in [5.74, 6) is -0.796. The molecule has 0 saturated carbocycles. The van der Waals surface area contributed by atoms with Gasteiger partial charge in [-0.15, -0.1) is 0 Å². The van der Waals surface area contributed by atoms with E-state index in [4.69, 9.17) is 9.47 Å². The van der Waals surface area contributed by atoms with Crippen molar-refractivity contribution < 1.29 is 19.1 Å². The molecule has 7 nitrogen and oxygen atoms in total. The minimum Gasteiger partial charge on any atom is -0.451 e. The third-order valence-corrected chi connectivity index (χ3v) is 4.89. The van der Waals surface area contributed by atoms with Crippen LogP contribution in [0.4, 0.5) is 0 Å². The Morgan fingerprint density at radius 1 is 1.22 bits per heavy atom. The van der Waals surface area contributed by atoms with Gasteiger partial charge in [-0.3, -0.25) is 9.36 Å². The van der Waals surface area contributed by atoms with Gasteiger partial charge in [0.15, 0.2) is 17.5 Å². The highest BCUT2D eigenvalue weighted by Gasteiger charge is 2.27. The van der Waals surface area contributed by atoms with Gasteiger partial charge in [0.25, 0.3) is 5.91 Å². The summed E-state index contributed by atoms with van der Waals surface area (Å²) in [5, 5.41) is 0.676. The van der Waals surface area contributed by atoms with E-state index >= 15 is 0 Å². The van der Waals surface area contributed by atoms with Crippen molar-refractivity contribution >= 4 is 23.6 Å². The van der Waals surface area contributed by atoms with Crippen molar-refractivity contribution in [2.24, 2.45) is 0 Å². The van der Waals surface area contributed by atoms with E-state index in [9.17, 15) is 9.59 Å². The third kappa shape index (κ3) is 4.51. The van der Waals surface area contributed by atoms with Crippen molar-refractivity contribution in [1.82, 2.24) is 14.5 Å². The molecule has 27 heavy (non-hydrogen) atoms. The second-order valence-electron chi connectivity index (χ2n) is 6.43. The van der Waals surface area contributed by atoms with Crippen molar-refractivity contribution in [3.8, 4) is 5.69 Å². The Kier molecular flexibility index (Phi) is 6.18. The molecular weight excluding hydrogens is 366 g/mol. The molecule has 8 heteroatoms. The lowest BCUT2D eigenvalue weighted by Gasteiger charge is -2.35. The average molecular weight is 389 g/mol. The Hall–Kier alpha value is -2.32. The molecule has 0 bridgehead atoms. The molecule has 1 fully saturated rings. The molecule has 0 radical (unpaired) electrons. The molecule has 0 spiro atoms. The summed E-state index contributed by atoms with van der Waals surface area (Å²) in [4.78, 5) is 31.0. The number of esters is 1. The maximum Gasteiger partial charge on any atom is 0.357 e. The van der Waals surface area contributed by atoms with Crippen molar-refractivity contribution in [2.45, 2.75) is 31.2 Å². The lowest BCUT2D eigenvalue weighted by Crippen LogP contribution is -2.49. The quantitative estimate of drug-likeness (QED) is 0.577. The van der Waals surface area contributed by atoms with E-state index in [0.29, 0.717) is 23.9 Å². The first-order valence-electron chi connectivity index (χ1n) is 8.77. The number of hydrogen-bond donors (Lipinski definition) is 0. The van der Waals surface area contributed by atoms with Crippen LogP contribution in [0, 0.1) is 0 Å². The Balaban J connectivity index is 1.70. The normalized spacial score (nSPS) is 19.7. The summed E-state index contributed by atoms with van der Waals surface area (Å²) in [5.41, 5.74) is 1.11. The minimum absolute atomic E-state index is 0.0305. The molecule has 1 aromatic heterocycles. The molecule has 1 aliphatic heterocycles. The highest BCUT2D eigenvalue weighted by atomic mass is 32.2. The largest absolute Gasteiger partial charge is 0.451 e. The van der Waals surface area contributed by atoms with Crippen LogP contribution in [0.25, 0.3) is 5.69 Å². The highest BCUT2D eigenvalue weighted by Crippen LogP contribution is 2.22. The van der Waals surface area contributed by atoms with Gasteiger partial charge in [-0.1, -0.05) is 30.0 Å². The first-order valence-corrected chi connectivity index (χ1v) is 9.99. The van der Waals surface area contributed by atoms with Crippen LogP contribution < -0.4 is 0 Å². The molecule has 2 unspecified atom stereocenters. The maximum absolute atomic E-state index is 12.6. The molecule has 1 saturated heterocycles. The Bertz CT molecular complexity index is 799. The molecule has 2 heterocycles. The number of imidazole rings is 1. The zero-order valence-electron chi connectivity index (χ0n) is 15.6. The van der Waals surface area contributed by atoms with Crippen molar-refractivity contribution in [2.75, 3.05) is 26.0 Å². The van der Waals surface area contributed by atoms with E-state index in [0.717, 1.165) is 5.69 Å². The summed E-state index contributed by atoms with van der Waals surface area (Å²) in [6.45, 7) is 4.54. The van der Waals surface area contributed by atoms with Crippen LogP contribution in [-0.4, -0.2) is 64.5 Å². The number of carbonyl (C=O) groups is 2. The number of ether oxygens (including phenoxy) is 2. The number of morpholine rings is 1. The number of aromatic nitrogens is 2. The van der Waals surface area contributed by atoms with E-state index in [2.05, 4.69) is 4.98 Å². The molecule has 3 rings (SSSR count). The zero-order chi connectivity index (χ0) is 19.4. The Morgan fingerprint density at radius 3 is 2.52 bits per heavy atom. The second-order valence-corrected chi connectivity index (χ2v) is 7.21. The predicted octanol–water partition coefficient (Wildman–Crippen LogP) is 2.39. The zero-order valence-corrected chi connectivity index (χ0v) is 16.4. The summed E-state index contributed by atoms with van der Waals surface area (Å²) in [6, 6.07) is 9.46. The number of benzene rings is 1. The summed E-state index contributed by atoms with van der Waals surface area (Å²) < 4.78 is 12.7. The van der Waals surface area contributed by atoms with Crippen LogP contribution >= 0.6 is 11.8 Å². The van der Waals surface area contributed by atoms with E-state index in [1.165, 1.54) is 18.0 Å². The lowest BCUT2D eigenvalue weighted by molar-refractivity contribution is -0.146. The average Bonchev–Trinajstić information content (AvgIpc) is 3.10. The van der Waals surface area contributed by atoms with Crippen molar-refractivity contribution in [3.63, 3.8) is 0 Å². The molecule has 2 atom stereocenters. The number of hydrogen-bond acceptors (Lipinski definition) is 6.